The van der Waals surface area contributed by atoms with Crippen LogP contribution in [0.25, 0.3) is 0 Å². The number of esters is 1. The van der Waals surface area contributed by atoms with E-state index < -0.39 is 17.2 Å². The number of benzene rings is 3. The Hall–Kier alpha value is -3.07. The van der Waals surface area contributed by atoms with E-state index in [4.69, 9.17) is 9.47 Å². The van der Waals surface area contributed by atoms with Gasteiger partial charge in [-0.15, -0.1) is 0 Å². The van der Waals surface area contributed by atoms with E-state index in [1.807, 2.05) is 93.6 Å². The molecule has 0 aliphatic rings. The van der Waals surface area contributed by atoms with Crippen LogP contribution in [0.15, 0.2) is 84.9 Å². The second-order valence-corrected chi connectivity index (χ2v) is 8.90. The first-order chi connectivity index (χ1) is 14.8. The van der Waals surface area contributed by atoms with E-state index in [2.05, 4.69) is 26.0 Å². The first kappa shape index (κ1) is 22.6. The van der Waals surface area contributed by atoms with Gasteiger partial charge in [0, 0.05) is 11.1 Å². The first-order valence-corrected chi connectivity index (χ1v) is 10.9. The fourth-order valence-corrected chi connectivity index (χ4v) is 3.53. The Labute approximate surface area is 186 Å². The molecule has 0 amide bonds. The summed E-state index contributed by atoms with van der Waals surface area (Å²) in [4.78, 5) is 13.8. The predicted molar refractivity (Wildman–Crippen MR) is 125 cm³/mol. The maximum absolute atomic E-state index is 13.8. The van der Waals surface area contributed by atoms with Crippen LogP contribution in [0, 0.1) is 0 Å². The maximum atomic E-state index is 13.8. The van der Waals surface area contributed by atoms with Gasteiger partial charge in [0.15, 0.2) is 0 Å². The molecule has 0 N–H and O–H groups in total. The molecule has 0 aliphatic carbocycles. The standard InChI is InChI=1S/C28H32O3/c1-6-21(2)22-17-19-25(20-18-22)30-28(23-13-9-7-10-14-23,24-15-11-8-12-16-24)26(29)31-27(3,4)5/h7-21H,6H2,1-5H3. The molecule has 0 radical (unpaired) electrons. The lowest BCUT2D eigenvalue weighted by Gasteiger charge is -2.35. The van der Waals surface area contributed by atoms with Crippen LogP contribution in [0.4, 0.5) is 0 Å². The van der Waals surface area contributed by atoms with Crippen molar-refractivity contribution in [3.8, 4) is 5.75 Å². The maximum Gasteiger partial charge on any atom is 0.360 e. The lowest BCUT2D eigenvalue weighted by atomic mass is 9.85. The van der Waals surface area contributed by atoms with Crippen LogP contribution in [0.5, 0.6) is 5.75 Å². The summed E-state index contributed by atoms with van der Waals surface area (Å²) < 4.78 is 12.5. The number of hydrogen-bond acceptors (Lipinski definition) is 3. The molecule has 0 fully saturated rings. The Bertz CT molecular complexity index is 931. The van der Waals surface area contributed by atoms with Crippen molar-refractivity contribution >= 4 is 5.97 Å². The minimum absolute atomic E-state index is 0.441. The van der Waals surface area contributed by atoms with Gasteiger partial charge >= 0.3 is 5.97 Å². The van der Waals surface area contributed by atoms with Crippen molar-refractivity contribution in [3.63, 3.8) is 0 Å². The molecular formula is C28H32O3. The van der Waals surface area contributed by atoms with E-state index >= 15 is 0 Å². The van der Waals surface area contributed by atoms with E-state index in [1.165, 1.54) is 5.56 Å². The molecule has 3 aromatic rings. The summed E-state index contributed by atoms with van der Waals surface area (Å²) in [6, 6.07) is 27.1. The molecule has 0 aromatic heterocycles. The summed E-state index contributed by atoms with van der Waals surface area (Å²) in [7, 11) is 0. The number of rotatable bonds is 7. The largest absolute Gasteiger partial charge is 0.466 e. The van der Waals surface area contributed by atoms with Crippen molar-refractivity contribution in [2.45, 2.75) is 58.2 Å². The summed E-state index contributed by atoms with van der Waals surface area (Å²) >= 11 is 0. The van der Waals surface area contributed by atoms with Crippen molar-refractivity contribution in [3.05, 3.63) is 102 Å². The van der Waals surface area contributed by atoms with Gasteiger partial charge in [-0.05, 0) is 50.8 Å². The molecule has 3 nitrogen and oxygen atoms in total. The second kappa shape index (κ2) is 9.38. The molecule has 0 saturated heterocycles. The zero-order chi connectivity index (χ0) is 22.5. The summed E-state index contributed by atoms with van der Waals surface area (Å²) in [5, 5.41) is 0. The van der Waals surface area contributed by atoms with Crippen molar-refractivity contribution < 1.29 is 14.3 Å². The third-order valence-corrected chi connectivity index (χ3v) is 5.38. The van der Waals surface area contributed by atoms with Gasteiger partial charge in [0.2, 0.25) is 0 Å². The van der Waals surface area contributed by atoms with Crippen LogP contribution in [-0.2, 0) is 15.1 Å². The van der Waals surface area contributed by atoms with Gasteiger partial charge in [-0.2, -0.15) is 0 Å². The smallest absolute Gasteiger partial charge is 0.360 e. The number of carbonyl (C=O) groups excluding carboxylic acids is 1. The lowest BCUT2D eigenvalue weighted by Crippen LogP contribution is -2.46. The molecule has 0 aliphatic heterocycles. The van der Waals surface area contributed by atoms with Crippen LogP contribution < -0.4 is 4.74 Å². The second-order valence-electron chi connectivity index (χ2n) is 8.90. The van der Waals surface area contributed by atoms with Crippen LogP contribution in [0.2, 0.25) is 0 Å². The summed E-state index contributed by atoms with van der Waals surface area (Å²) in [5.41, 5.74) is 0.614. The van der Waals surface area contributed by atoms with Gasteiger partial charge in [0.25, 0.3) is 5.60 Å². The molecule has 0 saturated carbocycles. The molecule has 162 valence electrons. The van der Waals surface area contributed by atoms with Gasteiger partial charge in [-0.3, -0.25) is 0 Å². The Kier molecular flexibility index (Phi) is 6.84. The van der Waals surface area contributed by atoms with Gasteiger partial charge in [0.1, 0.15) is 11.4 Å². The van der Waals surface area contributed by atoms with Crippen molar-refractivity contribution in [2.75, 3.05) is 0 Å². The average Bonchev–Trinajstić information content (AvgIpc) is 2.77. The minimum atomic E-state index is -1.42. The number of carbonyl (C=O) groups is 1. The molecule has 3 rings (SSSR count). The van der Waals surface area contributed by atoms with Crippen LogP contribution in [-0.4, -0.2) is 11.6 Å². The van der Waals surface area contributed by atoms with Crippen LogP contribution >= 0.6 is 0 Å². The van der Waals surface area contributed by atoms with E-state index in [-0.39, 0.29) is 0 Å². The molecule has 3 aromatic carbocycles. The topological polar surface area (TPSA) is 35.5 Å². The minimum Gasteiger partial charge on any atom is -0.466 e. The monoisotopic (exact) mass is 416 g/mol. The van der Waals surface area contributed by atoms with E-state index in [9.17, 15) is 4.79 Å². The Morgan fingerprint density at radius 1 is 0.806 bits per heavy atom. The Morgan fingerprint density at radius 2 is 1.29 bits per heavy atom. The first-order valence-electron chi connectivity index (χ1n) is 10.9. The molecule has 1 atom stereocenters. The van der Waals surface area contributed by atoms with Crippen molar-refractivity contribution in [1.82, 2.24) is 0 Å². The van der Waals surface area contributed by atoms with Gasteiger partial charge in [0.05, 0.1) is 0 Å². The van der Waals surface area contributed by atoms with Gasteiger partial charge in [-0.25, -0.2) is 4.79 Å². The third kappa shape index (κ3) is 5.16. The predicted octanol–water partition coefficient (Wildman–Crippen LogP) is 6.86. The molecule has 1 unspecified atom stereocenters. The SMILES string of the molecule is CCC(C)c1ccc(OC(C(=O)OC(C)(C)C)(c2ccccc2)c2ccccc2)cc1. The summed E-state index contributed by atoms with van der Waals surface area (Å²) in [6.07, 6.45) is 1.07. The molecule has 0 heterocycles. The highest BCUT2D eigenvalue weighted by Crippen LogP contribution is 2.38. The Morgan fingerprint density at radius 3 is 1.71 bits per heavy atom. The summed E-state index contributed by atoms with van der Waals surface area (Å²) in [5.74, 6) is 0.641. The van der Waals surface area contributed by atoms with Crippen molar-refractivity contribution in [2.24, 2.45) is 0 Å². The zero-order valence-corrected chi connectivity index (χ0v) is 19.1. The van der Waals surface area contributed by atoms with E-state index in [0.29, 0.717) is 11.7 Å². The molecule has 0 bridgehead atoms. The normalized spacial score (nSPS) is 12.8. The van der Waals surface area contributed by atoms with Gasteiger partial charge in [-0.1, -0.05) is 86.6 Å². The highest BCUT2D eigenvalue weighted by molar-refractivity contribution is 5.86. The van der Waals surface area contributed by atoms with Crippen LogP contribution in [0.3, 0.4) is 0 Å². The zero-order valence-electron chi connectivity index (χ0n) is 19.1. The lowest BCUT2D eigenvalue weighted by molar-refractivity contribution is -0.171. The molecule has 31 heavy (non-hydrogen) atoms. The molecule has 3 heteroatoms. The average molecular weight is 417 g/mol. The molecule has 0 spiro atoms. The fraction of sp³-hybridized carbons (Fsp3) is 0.321. The van der Waals surface area contributed by atoms with Crippen molar-refractivity contribution in [1.29, 1.82) is 0 Å². The van der Waals surface area contributed by atoms with E-state index in [0.717, 1.165) is 17.5 Å². The number of ether oxygens (including phenoxy) is 2. The number of hydrogen-bond donors (Lipinski definition) is 0. The van der Waals surface area contributed by atoms with E-state index in [1.54, 1.807) is 0 Å². The quantitative estimate of drug-likeness (QED) is 0.395. The van der Waals surface area contributed by atoms with Crippen LogP contribution in [0.1, 0.15) is 63.6 Å². The van der Waals surface area contributed by atoms with Gasteiger partial charge < -0.3 is 9.47 Å². The molecular weight excluding hydrogens is 384 g/mol. The summed E-state index contributed by atoms with van der Waals surface area (Å²) in [6.45, 7) is 9.98. The highest BCUT2D eigenvalue weighted by Gasteiger charge is 2.48. The fourth-order valence-electron chi connectivity index (χ4n) is 3.53. The third-order valence-electron chi connectivity index (χ3n) is 5.38. The highest BCUT2D eigenvalue weighted by atomic mass is 16.6. The Balaban J connectivity index is 2.15.